The third-order valence-electron chi connectivity index (χ3n) is 3.10. The van der Waals surface area contributed by atoms with E-state index in [0.29, 0.717) is 0 Å². The molecule has 1 heteroatoms. The quantitative estimate of drug-likeness (QED) is 0.768. The summed E-state index contributed by atoms with van der Waals surface area (Å²) in [4.78, 5) is 3.53. The summed E-state index contributed by atoms with van der Waals surface area (Å²) >= 11 is 0. The van der Waals surface area contributed by atoms with Crippen molar-refractivity contribution in [2.75, 3.05) is 0 Å². The van der Waals surface area contributed by atoms with E-state index in [0.717, 1.165) is 0 Å². The average molecular weight is 201 g/mol. The van der Waals surface area contributed by atoms with Crippen molar-refractivity contribution < 1.29 is 0 Å². The highest BCUT2D eigenvalue weighted by Gasteiger charge is 2.06. The minimum Gasteiger partial charge on any atom is -0.358 e. The zero-order chi connectivity index (χ0) is 10.8. The molecule has 15 heavy (non-hydrogen) atoms. The first-order valence-corrected chi connectivity index (χ1v) is 5.80. The molecule has 0 bridgehead atoms. The lowest BCUT2D eigenvalue weighted by atomic mass is 10.1. The molecule has 2 aromatic rings. The Hall–Kier alpha value is -1.24. The minimum atomic E-state index is 1.18. The Morgan fingerprint density at radius 2 is 2.00 bits per heavy atom. The highest BCUT2D eigenvalue weighted by atomic mass is 14.7. The van der Waals surface area contributed by atoms with Crippen LogP contribution in [0.2, 0.25) is 0 Å². The molecule has 1 N–H and O–H groups in total. The van der Waals surface area contributed by atoms with Crippen molar-refractivity contribution in [3.63, 3.8) is 0 Å². The molecule has 0 atom stereocenters. The van der Waals surface area contributed by atoms with Gasteiger partial charge in [0.25, 0.3) is 0 Å². The fourth-order valence-corrected chi connectivity index (χ4v) is 2.10. The van der Waals surface area contributed by atoms with Gasteiger partial charge in [0.05, 0.1) is 0 Å². The number of hydrogen-bond acceptors (Lipinski definition) is 0. The van der Waals surface area contributed by atoms with Gasteiger partial charge in [-0.2, -0.15) is 0 Å². The van der Waals surface area contributed by atoms with Gasteiger partial charge in [-0.15, -0.1) is 0 Å². The molecule has 1 nitrogen and oxygen atoms in total. The van der Waals surface area contributed by atoms with Crippen LogP contribution in [0.25, 0.3) is 10.9 Å². The fourth-order valence-electron chi connectivity index (χ4n) is 2.10. The molecule has 0 saturated carbocycles. The van der Waals surface area contributed by atoms with Crippen molar-refractivity contribution in [1.29, 1.82) is 0 Å². The Morgan fingerprint density at radius 1 is 1.20 bits per heavy atom. The number of fused-ring (bicyclic) bond motifs is 1. The summed E-state index contributed by atoms with van der Waals surface area (Å²) in [6.07, 6.45) is 3.70. The molecule has 1 heterocycles. The van der Waals surface area contributed by atoms with E-state index in [1.807, 2.05) is 0 Å². The van der Waals surface area contributed by atoms with E-state index >= 15 is 0 Å². The van der Waals surface area contributed by atoms with Crippen molar-refractivity contribution in [2.45, 2.75) is 40.0 Å². The Labute approximate surface area is 91.5 Å². The maximum absolute atomic E-state index is 3.53. The van der Waals surface area contributed by atoms with Gasteiger partial charge in [-0.3, -0.25) is 0 Å². The number of unbranched alkanes of at least 4 members (excludes halogenated alkanes) is 1. The predicted molar refractivity (Wildman–Crippen MR) is 66.4 cm³/mol. The first kappa shape index (κ1) is 10.3. The van der Waals surface area contributed by atoms with Crippen LogP contribution in [0.4, 0.5) is 0 Å². The summed E-state index contributed by atoms with van der Waals surface area (Å²) in [6.45, 7) is 6.61. The standard InChI is InChI=1S/C14H19N/c1-4-5-6-13-11(3)12-9-10(2)7-8-14(12)15-13/h7-9,15H,4-6H2,1-3H3. The fraction of sp³-hybridized carbons (Fsp3) is 0.429. The van der Waals surface area contributed by atoms with Gasteiger partial charge in [0.1, 0.15) is 0 Å². The first-order chi connectivity index (χ1) is 7.22. The van der Waals surface area contributed by atoms with Crippen LogP contribution in [-0.4, -0.2) is 4.98 Å². The number of aromatic amines is 1. The maximum atomic E-state index is 3.53. The van der Waals surface area contributed by atoms with E-state index in [2.05, 4.69) is 44.0 Å². The highest BCUT2D eigenvalue weighted by molar-refractivity contribution is 5.85. The Balaban J connectivity index is 2.45. The Kier molecular flexibility index (Phi) is 2.81. The smallest absolute Gasteiger partial charge is 0.0459 e. The maximum Gasteiger partial charge on any atom is 0.0459 e. The van der Waals surface area contributed by atoms with Gasteiger partial charge in [0, 0.05) is 16.6 Å². The molecule has 80 valence electrons. The summed E-state index contributed by atoms with van der Waals surface area (Å²) in [6, 6.07) is 6.63. The largest absolute Gasteiger partial charge is 0.358 e. The van der Waals surface area contributed by atoms with Crippen LogP contribution >= 0.6 is 0 Å². The minimum absolute atomic E-state index is 1.18. The van der Waals surface area contributed by atoms with Gasteiger partial charge in [0.15, 0.2) is 0 Å². The van der Waals surface area contributed by atoms with Crippen molar-refractivity contribution in [1.82, 2.24) is 4.98 Å². The van der Waals surface area contributed by atoms with E-state index in [9.17, 15) is 0 Å². The number of aromatic nitrogens is 1. The molecule has 0 amide bonds. The zero-order valence-corrected chi connectivity index (χ0v) is 9.85. The average Bonchev–Trinajstić information content (AvgIpc) is 2.53. The second-order valence-corrected chi connectivity index (χ2v) is 4.38. The highest BCUT2D eigenvalue weighted by Crippen LogP contribution is 2.23. The molecule has 0 aliphatic heterocycles. The number of benzene rings is 1. The summed E-state index contributed by atoms with van der Waals surface area (Å²) in [5, 5.41) is 1.39. The molecule has 0 aliphatic carbocycles. The molecule has 2 rings (SSSR count). The topological polar surface area (TPSA) is 15.8 Å². The van der Waals surface area contributed by atoms with Crippen molar-refractivity contribution in [3.05, 3.63) is 35.0 Å². The van der Waals surface area contributed by atoms with Gasteiger partial charge in [-0.05, 0) is 44.4 Å². The normalized spacial score (nSPS) is 11.1. The van der Waals surface area contributed by atoms with E-state index in [1.165, 1.54) is 47.0 Å². The molecule has 0 saturated heterocycles. The number of aryl methyl sites for hydroxylation is 3. The van der Waals surface area contributed by atoms with Gasteiger partial charge >= 0.3 is 0 Å². The molecule has 0 radical (unpaired) electrons. The van der Waals surface area contributed by atoms with Crippen molar-refractivity contribution in [3.8, 4) is 0 Å². The van der Waals surface area contributed by atoms with E-state index < -0.39 is 0 Å². The second kappa shape index (κ2) is 4.09. The molecule has 1 aromatic heterocycles. The van der Waals surface area contributed by atoms with Gasteiger partial charge < -0.3 is 4.98 Å². The van der Waals surface area contributed by atoms with Crippen molar-refractivity contribution >= 4 is 10.9 Å². The lowest BCUT2D eigenvalue weighted by Crippen LogP contribution is -1.86. The first-order valence-electron chi connectivity index (χ1n) is 5.80. The Morgan fingerprint density at radius 3 is 2.73 bits per heavy atom. The zero-order valence-electron chi connectivity index (χ0n) is 9.85. The number of hydrogen-bond donors (Lipinski definition) is 1. The Bertz CT molecular complexity index is 465. The number of nitrogens with one attached hydrogen (secondary N) is 1. The van der Waals surface area contributed by atoms with Crippen molar-refractivity contribution in [2.24, 2.45) is 0 Å². The molecule has 1 aromatic carbocycles. The molecule has 0 unspecified atom stereocenters. The molecule has 0 spiro atoms. The molecule has 0 fully saturated rings. The van der Waals surface area contributed by atoms with Crippen LogP contribution in [0.5, 0.6) is 0 Å². The summed E-state index contributed by atoms with van der Waals surface area (Å²) in [5.74, 6) is 0. The van der Waals surface area contributed by atoms with Gasteiger partial charge in [-0.1, -0.05) is 25.0 Å². The van der Waals surface area contributed by atoms with E-state index in [4.69, 9.17) is 0 Å². The van der Waals surface area contributed by atoms with Crippen LogP contribution < -0.4 is 0 Å². The summed E-state index contributed by atoms with van der Waals surface area (Å²) in [7, 11) is 0. The third kappa shape index (κ3) is 1.92. The SMILES string of the molecule is CCCCc1[nH]c2ccc(C)cc2c1C. The predicted octanol–water partition coefficient (Wildman–Crippen LogP) is 4.13. The van der Waals surface area contributed by atoms with Gasteiger partial charge in [0.2, 0.25) is 0 Å². The summed E-state index contributed by atoms with van der Waals surface area (Å²) < 4.78 is 0. The van der Waals surface area contributed by atoms with Crippen LogP contribution in [0.1, 0.15) is 36.6 Å². The molecular formula is C14H19N. The van der Waals surface area contributed by atoms with Crippen LogP contribution in [0, 0.1) is 13.8 Å². The lowest BCUT2D eigenvalue weighted by Gasteiger charge is -1.97. The lowest BCUT2D eigenvalue weighted by molar-refractivity contribution is 0.779. The monoisotopic (exact) mass is 201 g/mol. The van der Waals surface area contributed by atoms with Crippen LogP contribution in [-0.2, 0) is 6.42 Å². The molecule has 0 aliphatic rings. The van der Waals surface area contributed by atoms with Crippen LogP contribution in [0.3, 0.4) is 0 Å². The summed E-state index contributed by atoms with van der Waals surface area (Å²) in [5.41, 5.74) is 5.47. The van der Waals surface area contributed by atoms with Gasteiger partial charge in [-0.25, -0.2) is 0 Å². The second-order valence-electron chi connectivity index (χ2n) is 4.38. The third-order valence-corrected chi connectivity index (χ3v) is 3.10. The van der Waals surface area contributed by atoms with E-state index in [-0.39, 0.29) is 0 Å². The van der Waals surface area contributed by atoms with Crippen LogP contribution in [0.15, 0.2) is 18.2 Å². The van der Waals surface area contributed by atoms with E-state index in [1.54, 1.807) is 0 Å². The number of rotatable bonds is 3. The number of H-pyrrole nitrogens is 1. The molecular weight excluding hydrogens is 182 g/mol.